The van der Waals surface area contributed by atoms with Crippen LogP contribution in [0, 0.1) is 0 Å². The third-order valence-electron chi connectivity index (χ3n) is 1.18. The zero-order chi connectivity index (χ0) is 8.36. The summed E-state index contributed by atoms with van der Waals surface area (Å²) in [7, 11) is 0. The Bertz CT molecular complexity index is 128. The largest absolute Gasteiger partial charge is 0.388 e. The van der Waals surface area contributed by atoms with Crippen molar-refractivity contribution in [2.45, 2.75) is 33.1 Å². The highest BCUT2D eigenvalue weighted by Gasteiger charge is 1.80. The smallest absolute Gasteiger partial charge is 0.135 e. The predicted octanol–water partition coefficient (Wildman–Crippen LogP) is 2.30. The van der Waals surface area contributed by atoms with E-state index < -0.39 is 0 Å². The molecule has 0 aliphatic heterocycles. The van der Waals surface area contributed by atoms with Crippen LogP contribution in [0.1, 0.15) is 33.1 Å². The summed E-state index contributed by atoms with van der Waals surface area (Å²) in [6, 6.07) is 2.47. The highest BCUT2D eigenvalue weighted by Crippen LogP contribution is 1.92. The van der Waals surface area contributed by atoms with Crippen molar-refractivity contribution in [1.29, 1.82) is 0 Å². The van der Waals surface area contributed by atoms with E-state index in [9.17, 15) is 0 Å². The highest BCUT2D eigenvalue weighted by atomic mass is 16.6. The second-order valence-corrected chi connectivity index (χ2v) is 2.20. The molecule has 0 fully saturated rings. The Kier molecular flexibility index (Phi) is 8.50. The first-order chi connectivity index (χ1) is 5.41. The lowest BCUT2D eigenvalue weighted by atomic mass is 10.3. The average Bonchev–Trinajstić information content (AvgIpc) is 2.03. The van der Waals surface area contributed by atoms with Gasteiger partial charge in [-0.1, -0.05) is 19.8 Å². The van der Waals surface area contributed by atoms with Crippen molar-refractivity contribution >= 4 is 6.01 Å². The first kappa shape index (κ1) is 10.2. The predicted molar refractivity (Wildman–Crippen MR) is 45.9 cm³/mol. The molecule has 3 nitrogen and oxygen atoms in total. The normalized spacial score (nSPS) is 8.55. The second kappa shape index (κ2) is 9.18. The fourth-order valence-electron chi connectivity index (χ4n) is 0.613. The van der Waals surface area contributed by atoms with E-state index in [0.717, 1.165) is 13.0 Å². The van der Waals surface area contributed by atoms with Crippen molar-refractivity contribution in [2.24, 2.45) is 10.1 Å². The molecule has 0 atom stereocenters. The molecule has 0 aromatic rings. The minimum Gasteiger partial charge on any atom is -0.388 e. The number of hydrogen-bond acceptors (Lipinski definition) is 3. The molecule has 0 aliphatic rings. The molecule has 0 heterocycles. The van der Waals surface area contributed by atoms with Gasteiger partial charge in [0.15, 0.2) is 0 Å². The summed E-state index contributed by atoms with van der Waals surface area (Å²) >= 11 is 0. The fourth-order valence-corrected chi connectivity index (χ4v) is 0.613. The van der Waals surface area contributed by atoms with Gasteiger partial charge < -0.3 is 4.84 Å². The Balaban J connectivity index is 3.14. The number of unbranched alkanes of at least 4 members (excludes halogenated alkanes) is 2. The van der Waals surface area contributed by atoms with Gasteiger partial charge in [0.25, 0.3) is 0 Å². The molecule has 64 valence electrons. The van der Waals surface area contributed by atoms with E-state index in [1.54, 1.807) is 0 Å². The summed E-state index contributed by atoms with van der Waals surface area (Å²) < 4.78 is 0. The van der Waals surface area contributed by atoms with Crippen LogP contribution in [0.2, 0.25) is 0 Å². The van der Waals surface area contributed by atoms with Gasteiger partial charge in [-0.2, -0.15) is 0 Å². The van der Waals surface area contributed by atoms with Crippen LogP contribution in [0.3, 0.4) is 0 Å². The van der Waals surface area contributed by atoms with Gasteiger partial charge in [-0.15, -0.1) is 0 Å². The van der Waals surface area contributed by atoms with Crippen LogP contribution in [-0.2, 0) is 4.84 Å². The Morgan fingerprint density at radius 2 is 2.09 bits per heavy atom. The zero-order valence-corrected chi connectivity index (χ0v) is 7.34. The average molecular weight is 156 g/mol. The lowest BCUT2D eigenvalue weighted by Crippen LogP contribution is -1.80. The van der Waals surface area contributed by atoms with Gasteiger partial charge in [-0.3, -0.25) is 0 Å². The van der Waals surface area contributed by atoms with Crippen molar-refractivity contribution < 1.29 is 4.84 Å². The van der Waals surface area contributed by atoms with Crippen LogP contribution in [-0.4, -0.2) is 19.2 Å². The van der Waals surface area contributed by atoms with E-state index in [4.69, 9.17) is 0 Å². The Hall–Kier alpha value is -0.820. The SMILES string of the molecule is CCCCCN=C=NOCC. The summed E-state index contributed by atoms with van der Waals surface area (Å²) in [4.78, 5) is 8.56. The maximum absolute atomic E-state index is 4.66. The van der Waals surface area contributed by atoms with Crippen molar-refractivity contribution in [2.75, 3.05) is 13.2 Å². The van der Waals surface area contributed by atoms with E-state index in [-0.39, 0.29) is 0 Å². The summed E-state index contributed by atoms with van der Waals surface area (Å²) in [5.74, 6) is 0. The van der Waals surface area contributed by atoms with Gasteiger partial charge in [-0.25, -0.2) is 4.99 Å². The Morgan fingerprint density at radius 3 is 2.73 bits per heavy atom. The second-order valence-electron chi connectivity index (χ2n) is 2.20. The summed E-state index contributed by atoms with van der Waals surface area (Å²) in [5, 5.41) is 3.47. The molecule has 0 amide bonds. The molecule has 0 rings (SSSR count). The monoisotopic (exact) mass is 156 g/mol. The van der Waals surface area contributed by atoms with Crippen LogP contribution in [0.15, 0.2) is 10.1 Å². The minimum atomic E-state index is 0.581. The summed E-state index contributed by atoms with van der Waals surface area (Å²) in [5.41, 5.74) is 0. The van der Waals surface area contributed by atoms with Crippen LogP contribution in [0.4, 0.5) is 0 Å². The van der Waals surface area contributed by atoms with E-state index in [1.165, 1.54) is 12.8 Å². The Labute approximate surface area is 68.2 Å². The number of aliphatic imine (C=N–C) groups is 1. The first-order valence-corrected chi connectivity index (χ1v) is 4.15. The van der Waals surface area contributed by atoms with E-state index >= 15 is 0 Å². The fraction of sp³-hybridized carbons (Fsp3) is 0.875. The van der Waals surface area contributed by atoms with Crippen LogP contribution in [0.25, 0.3) is 0 Å². The number of rotatable bonds is 6. The Morgan fingerprint density at radius 1 is 1.27 bits per heavy atom. The third kappa shape index (κ3) is 9.18. The molecule has 0 bridgehead atoms. The molecule has 0 saturated carbocycles. The molecular weight excluding hydrogens is 140 g/mol. The maximum Gasteiger partial charge on any atom is 0.135 e. The molecular formula is C8H16N2O. The number of hydrogen-bond donors (Lipinski definition) is 0. The lowest BCUT2D eigenvalue weighted by Gasteiger charge is -1.88. The van der Waals surface area contributed by atoms with Gasteiger partial charge in [0, 0.05) is 0 Å². The quantitative estimate of drug-likeness (QED) is 0.330. The van der Waals surface area contributed by atoms with Gasteiger partial charge >= 0.3 is 0 Å². The zero-order valence-electron chi connectivity index (χ0n) is 7.34. The van der Waals surface area contributed by atoms with Crippen molar-refractivity contribution in [1.82, 2.24) is 0 Å². The van der Waals surface area contributed by atoms with Gasteiger partial charge in [-0.05, 0) is 18.5 Å². The van der Waals surface area contributed by atoms with E-state index in [1.807, 2.05) is 6.92 Å². The standard InChI is InChI=1S/C8H16N2O/c1-3-5-6-7-9-8-10-11-4-2/h3-7H2,1-2H3. The molecule has 3 heteroatoms. The molecule has 11 heavy (non-hydrogen) atoms. The molecule has 0 N–H and O–H groups in total. The van der Waals surface area contributed by atoms with Gasteiger partial charge in [0.2, 0.25) is 0 Å². The van der Waals surface area contributed by atoms with Crippen LogP contribution in [0.5, 0.6) is 0 Å². The molecule has 0 saturated heterocycles. The van der Waals surface area contributed by atoms with Gasteiger partial charge in [0.05, 0.1) is 6.54 Å². The molecule has 0 aliphatic carbocycles. The summed E-state index contributed by atoms with van der Waals surface area (Å²) in [6.45, 7) is 5.43. The first-order valence-electron chi connectivity index (χ1n) is 4.15. The minimum absolute atomic E-state index is 0.581. The molecule has 0 radical (unpaired) electrons. The topological polar surface area (TPSA) is 34.0 Å². The molecule has 0 aromatic carbocycles. The van der Waals surface area contributed by atoms with E-state index in [2.05, 4.69) is 27.9 Å². The highest BCUT2D eigenvalue weighted by molar-refractivity contribution is 5.39. The van der Waals surface area contributed by atoms with Crippen molar-refractivity contribution in [3.05, 3.63) is 0 Å². The van der Waals surface area contributed by atoms with Gasteiger partial charge in [0.1, 0.15) is 12.6 Å². The molecule has 0 unspecified atom stereocenters. The van der Waals surface area contributed by atoms with Crippen molar-refractivity contribution in [3.8, 4) is 0 Å². The molecule has 0 aromatic heterocycles. The lowest BCUT2D eigenvalue weighted by molar-refractivity contribution is 0.161. The summed E-state index contributed by atoms with van der Waals surface area (Å²) in [6.07, 6.45) is 3.56. The van der Waals surface area contributed by atoms with Crippen molar-refractivity contribution in [3.63, 3.8) is 0 Å². The molecule has 0 spiro atoms. The number of nitrogens with zero attached hydrogens (tertiary/aromatic N) is 2. The maximum atomic E-state index is 4.66. The third-order valence-corrected chi connectivity index (χ3v) is 1.18. The van der Waals surface area contributed by atoms with Crippen LogP contribution < -0.4 is 0 Å². The van der Waals surface area contributed by atoms with Crippen LogP contribution >= 0.6 is 0 Å². The van der Waals surface area contributed by atoms with E-state index in [0.29, 0.717) is 6.61 Å².